The fourth-order valence-electron chi connectivity index (χ4n) is 3.54. The monoisotopic (exact) mass is 426 g/mol. The number of carbonyl (C=O) groups is 1. The number of fused-ring (bicyclic) bond motifs is 2. The maximum atomic E-state index is 12.7. The van der Waals surface area contributed by atoms with Crippen LogP contribution in [0.15, 0.2) is 54.8 Å². The van der Waals surface area contributed by atoms with Gasteiger partial charge in [-0.3, -0.25) is 4.79 Å². The minimum absolute atomic E-state index is 0.0151. The standard InChI is InChI=1S/C22H15ClO7/c1-9-3-5-12-14(7-9)29-21(27)17(19(12)25)16(10(2)24)18-20(26)13-6-4-11(23)8-15(13)30-22(18)28/h3-8,16,25-26H,1-2H3. The third-order valence-corrected chi connectivity index (χ3v) is 5.17. The lowest BCUT2D eigenvalue weighted by atomic mass is 9.87. The molecule has 8 heteroatoms. The number of benzene rings is 2. The summed E-state index contributed by atoms with van der Waals surface area (Å²) >= 11 is 5.90. The molecule has 0 saturated carbocycles. The molecule has 0 aliphatic rings. The minimum atomic E-state index is -1.59. The Hall–Kier alpha value is -3.58. The van der Waals surface area contributed by atoms with Gasteiger partial charge in [-0.25, -0.2) is 9.59 Å². The van der Waals surface area contributed by atoms with Gasteiger partial charge in [0.1, 0.15) is 28.4 Å². The molecule has 4 rings (SSSR count). The van der Waals surface area contributed by atoms with E-state index < -0.39 is 45.6 Å². The first-order valence-electron chi connectivity index (χ1n) is 8.91. The highest BCUT2D eigenvalue weighted by Crippen LogP contribution is 2.39. The van der Waals surface area contributed by atoms with Gasteiger partial charge in [0.25, 0.3) is 0 Å². The predicted octanol–water partition coefficient (Wildman–Crippen LogP) is 3.99. The molecule has 1 unspecified atom stereocenters. The normalized spacial score (nSPS) is 12.4. The molecule has 2 N–H and O–H groups in total. The zero-order valence-corrected chi connectivity index (χ0v) is 16.6. The molecule has 0 bridgehead atoms. The van der Waals surface area contributed by atoms with E-state index in [0.29, 0.717) is 0 Å². The van der Waals surface area contributed by atoms with Crippen molar-refractivity contribution >= 4 is 39.3 Å². The molecule has 0 aliphatic heterocycles. The second-order valence-corrected chi connectivity index (χ2v) is 7.42. The van der Waals surface area contributed by atoms with Gasteiger partial charge in [-0.1, -0.05) is 17.7 Å². The molecule has 0 saturated heterocycles. The van der Waals surface area contributed by atoms with Gasteiger partial charge in [-0.05, 0) is 43.7 Å². The number of rotatable bonds is 3. The first-order chi connectivity index (χ1) is 14.2. The fraction of sp³-hybridized carbons (Fsp3) is 0.136. The van der Waals surface area contributed by atoms with Crippen LogP contribution in [-0.2, 0) is 4.79 Å². The van der Waals surface area contributed by atoms with Crippen molar-refractivity contribution in [3.05, 3.63) is 79.0 Å². The first kappa shape index (κ1) is 19.7. The average molecular weight is 427 g/mol. The summed E-state index contributed by atoms with van der Waals surface area (Å²) in [6.45, 7) is 2.92. The molecule has 7 nitrogen and oxygen atoms in total. The topological polar surface area (TPSA) is 118 Å². The maximum absolute atomic E-state index is 12.7. The molecule has 4 aromatic rings. The lowest BCUT2D eigenvalue weighted by Gasteiger charge is -2.16. The highest BCUT2D eigenvalue weighted by atomic mass is 35.5. The molecule has 1 atom stereocenters. The van der Waals surface area contributed by atoms with Crippen LogP contribution in [-0.4, -0.2) is 16.0 Å². The van der Waals surface area contributed by atoms with Crippen molar-refractivity contribution in [2.75, 3.05) is 0 Å². The largest absolute Gasteiger partial charge is 0.507 e. The van der Waals surface area contributed by atoms with Crippen molar-refractivity contribution in [3.8, 4) is 11.5 Å². The molecule has 0 radical (unpaired) electrons. The Morgan fingerprint density at radius 3 is 1.93 bits per heavy atom. The zero-order valence-electron chi connectivity index (χ0n) is 15.9. The molecule has 0 fully saturated rings. The summed E-state index contributed by atoms with van der Waals surface area (Å²) < 4.78 is 10.5. The molecule has 152 valence electrons. The van der Waals surface area contributed by atoms with Gasteiger partial charge < -0.3 is 19.0 Å². The third kappa shape index (κ3) is 3.04. The van der Waals surface area contributed by atoms with Crippen LogP contribution >= 0.6 is 11.6 Å². The first-order valence-corrected chi connectivity index (χ1v) is 9.29. The predicted molar refractivity (Wildman–Crippen MR) is 111 cm³/mol. The number of carbonyl (C=O) groups excluding carboxylic acids is 1. The lowest BCUT2D eigenvalue weighted by molar-refractivity contribution is -0.117. The SMILES string of the molecule is CC(=O)C(c1c(O)c2ccc(C)cc2oc1=O)c1c(O)c2ccc(Cl)cc2oc1=O. The quantitative estimate of drug-likeness (QED) is 0.475. The van der Waals surface area contributed by atoms with Crippen molar-refractivity contribution in [1.29, 1.82) is 0 Å². The van der Waals surface area contributed by atoms with E-state index >= 15 is 0 Å². The van der Waals surface area contributed by atoms with Crippen LogP contribution < -0.4 is 11.3 Å². The lowest BCUT2D eigenvalue weighted by Crippen LogP contribution is -2.24. The zero-order chi connectivity index (χ0) is 21.7. The van der Waals surface area contributed by atoms with Crippen LogP contribution in [0.5, 0.6) is 11.5 Å². The smallest absolute Gasteiger partial charge is 0.344 e. The number of halogens is 1. The Morgan fingerprint density at radius 1 is 0.900 bits per heavy atom. The molecule has 0 aliphatic carbocycles. The van der Waals surface area contributed by atoms with Gasteiger partial charge in [0.2, 0.25) is 0 Å². The summed E-state index contributed by atoms with van der Waals surface area (Å²) in [4.78, 5) is 37.9. The molecule has 0 spiro atoms. The number of Topliss-reactive ketones (excluding diaryl/α,β-unsaturated/α-hetero) is 1. The summed E-state index contributed by atoms with van der Waals surface area (Å²) in [6.07, 6.45) is 0. The van der Waals surface area contributed by atoms with Crippen molar-refractivity contribution < 1.29 is 23.8 Å². The van der Waals surface area contributed by atoms with Gasteiger partial charge in [-0.15, -0.1) is 0 Å². The third-order valence-electron chi connectivity index (χ3n) is 4.93. The van der Waals surface area contributed by atoms with E-state index in [2.05, 4.69) is 0 Å². The molecule has 2 aromatic carbocycles. The summed E-state index contributed by atoms with van der Waals surface area (Å²) in [5.74, 6) is -3.30. The molecule has 30 heavy (non-hydrogen) atoms. The second-order valence-electron chi connectivity index (χ2n) is 6.99. The summed E-state index contributed by atoms with van der Waals surface area (Å²) in [7, 11) is 0. The van der Waals surface area contributed by atoms with E-state index in [1.165, 1.54) is 24.3 Å². The average Bonchev–Trinajstić information content (AvgIpc) is 2.65. The number of aryl methyl sites for hydroxylation is 1. The Morgan fingerprint density at radius 2 is 1.40 bits per heavy atom. The van der Waals surface area contributed by atoms with Crippen LogP contribution in [0, 0.1) is 6.92 Å². The van der Waals surface area contributed by atoms with E-state index in [0.717, 1.165) is 12.5 Å². The van der Waals surface area contributed by atoms with Crippen LogP contribution in [0.1, 0.15) is 29.5 Å². The van der Waals surface area contributed by atoms with Gasteiger partial charge in [0.15, 0.2) is 0 Å². The Balaban J connectivity index is 2.08. The van der Waals surface area contributed by atoms with E-state index in [1.807, 2.05) is 0 Å². The Bertz CT molecular complexity index is 1360. The molecule has 0 amide bonds. The molecular weight excluding hydrogens is 412 g/mol. The second kappa shape index (κ2) is 7.03. The summed E-state index contributed by atoms with van der Waals surface area (Å²) in [5.41, 5.74) is -2.01. The summed E-state index contributed by atoms with van der Waals surface area (Å²) in [5, 5.41) is 22.2. The number of hydrogen-bond donors (Lipinski definition) is 2. The fourth-order valence-corrected chi connectivity index (χ4v) is 3.70. The van der Waals surface area contributed by atoms with Crippen LogP contribution in [0.3, 0.4) is 0 Å². The van der Waals surface area contributed by atoms with Crippen LogP contribution in [0.25, 0.3) is 21.9 Å². The summed E-state index contributed by atoms with van der Waals surface area (Å²) in [6, 6.07) is 9.03. The van der Waals surface area contributed by atoms with Crippen molar-refractivity contribution in [1.82, 2.24) is 0 Å². The van der Waals surface area contributed by atoms with Crippen LogP contribution in [0.4, 0.5) is 0 Å². The maximum Gasteiger partial charge on any atom is 0.344 e. The molecular formula is C22H15ClO7. The van der Waals surface area contributed by atoms with Crippen molar-refractivity contribution in [3.63, 3.8) is 0 Å². The van der Waals surface area contributed by atoms with Gasteiger partial charge in [0.05, 0.1) is 27.8 Å². The van der Waals surface area contributed by atoms with E-state index in [1.54, 1.807) is 19.1 Å². The number of ketones is 1. The van der Waals surface area contributed by atoms with Gasteiger partial charge in [-0.2, -0.15) is 0 Å². The van der Waals surface area contributed by atoms with E-state index in [4.69, 9.17) is 20.4 Å². The van der Waals surface area contributed by atoms with E-state index in [9.17, 15) is 24.6 Å². The van der Waals surface area contributed by atoms with Crippen LogP contribution in [0.2, 0.25) is 5.02 Å². The highest BCUT2D eigenvalue weighted by Gasteiger charge is 2.34. The Kier molecular flexibility index (Phi) is 4.63. The van der Waals surface area contributed by atoms with Crippen molar-refractivity contribution in [2.45, 2.75) is 19.8 Å². The van der Waals surface area contributed by atoms with E-state index in [-0.39, 0.29) is 27.0 Å². The number of hydrogen-bond acceptors (Lipinski definition) is 7. The van der Waals surface area contributed by atoms with Crippen molar-refractivity contribution in [2.24, 2.45) is 0 Å². The highest BCUT2D eigenvalue weighted by molar-refractivity contribution is 6.31. The molecule has 2 heterocycles. The minimum Gasteiger partial charge on any atom is -0.507 e. The van der Waals surface area contributed by atoms with Gasteiger partial charge in [0, 0.05) is 11.1 Å². The van der Waals surface area contributed by atoms with Gasteiger partial charge >= 0.3 is 11.3 Å². The molecule has 2 aromatic heterocycles. The Labute approximate surface area is 173 Å². The number of aromatic hydroxyl groups is 2.